The highest BCUT2D eigenvalue weighted by Gasteiger charge is 2.25. The maximum absolute atomic E-state index is 13.0. The summed E-state index contributed by atoms with van der Waals surface area (Å²) in [6.45, 7) is 0. The fourth-order valence-electron chi connectivity index (χ4n) is 3.36. The quantitative estimate of drug-likeness (QED) is 0.515. The highest BCUT2D eigenvalue weighted by Crippen LogP contribution is 2.38. The second kappa shape index (κ2) is 8.38. The zero-order valence-corrected chi connectivity index (χ0v) is 17.1. The second-order valence-corrected chi connectivity index (χ2v) is 8.79. The van der Waals surface area contributed by atoms with Gasteiger partial charge < -0.3 is 16.0 Å². The average molecular weight is 431 g/mol. The summed E-state index contributed by atoms with van der Waals surface area (Å²) in [7, 11) is 0. The van der Waals surface area contributed by atoms with Gasteiger partial charge in [-0.15, -0.1) is 11.3 Å². The topological polar surface area (TPSA) is 101 Å². The molecule has 0 aliphatic heterocycles. The van der Waals surface area contributed by atoms with Crippen LogP contribution in [0.3, 0.4) is 0 Å². The van der Waals surface area contributed by atoms with Crippen molar-refractivity contribution in [3.63, 3.8) is 0 Å². The number of benzene rings is 1. The number of hydrogen-bond acceptors (Lipinski definition) is 5. The van der Waals surface area contributed by atoms with Crippen LogP contribution in [0.25, 0.3) is 11.3 Å². The Bertz CT molecular complexity index is 1060. The van der Waals surface area contributed by atoms with E-state index in [0.717, 1.165) is 47.4 Å². The number of halogens is 1. The number of aromatic nitrogens is 2. The summed E-state index contributed by atoms with van der Waals surface area (Å²) in [5, 5.41) is 3.97. The maximum Gasteiger partial charge on any atom is 0.251 e. The van der Waals surface area contributed by atoms with Gasteiger partial charge in [-0.05, 0) is 61.1 Å². The SMILES string of the molecule is NC(=O)c1c(NC(=O)CSc2ncc(-c3ccc(F)cc3)[nH]2)sc2c1CCCC2. The Balaban J connectivity index is 1.40. The summed E-state index contributed by atoms with van der Waals surface area (Å²) < 4.78 is 13.0. The van der Waals surface area contributed by atoms with E-state index in [9.17, 15) is 14.0 Å². The minimum atomic E-state index is -0.498. The Labute approximate surface area is 175 Å². The van der Waals surface area contributed by atoms with E-state index in [-0.39, 0.29) is 17.5 Å². The summed E-state index contributed by atoms with van der Waals surface area (Å²) in [5.41, 5.74) is 8.57. The van der Waals surface area contributed by atoms with E-state index >= 15 is 0 Å². The molecule has 1 aliphatic carbocycles. The highest BCUT2D eigenvalue weighted by molar-refractivity contribution is 7.99. The number of primary amides is 1. The Kier molecular flexibility index (Phi) is 5.68. The number of amides is 2. The summed E-state index contributed by atoms with van der Waals surface area (Å²) in [6, 6.07) is 6.09. The van der Waals surface area contributed by atoms with Gasteiger partial charge in [-0.2, -0.15) is 0 Å². The molecule has 2 amide bonds. The fourth-order valence-corrected chi connectivity index (χ4v) is 5.32. The van der Waals surface area contributed by atoms with E-state index in [1.54, 1.807) is 18.3 Å². The van der Waals surface area contributed by atoms with Gasteiger partial charge in [0.2, 0.25) is 5.91 Å². The van der Waals surface area contributed by atoms with Crippen molar-refractivity contribution in [2.45, 2.75) is 30.8 Å². The molecule has 29 heavy (non-hydrogen) atoms. The van der Waals surface area contributed by atoms with Crippen molar-refractivity contribution < 1.29 is 14.0 Å². The fraction of sp³-hybridized carbons (Fsp3) is 0.250. The largest absolute Gasteiger partial charge is 0.365 e. The molecule has 1 aromatic carbocycles. The number of H-pyrrole nitrogens is 1. The van der Waals surface area contributed by atoms with Crippen LogP contribution in [-0.2, 0) is 17.6 Å². The molecule has 0 spiro atoms. The molecular weight excluding hydrogens is 411 g/mol. The molecule has 3 aromatic rings. The first-order valence-electron chi connectivity index (χ1n) is 9.19. The number of aromatic amines is 1. The minimum absolute atomic E-state index is 0.136. The molecule has 0 saturated heterocycles. The Hall–Kier alpha value is -2.65. The maximum atomic E-state index is 13.0. The normalized spacial score (nSPS) is 13.1. The third-order valence-corrected chi connectivity index (χ3v) is 6.81. The molecule has 0 fully saturated rings. The van der Waals surface area contributed by atoms with Crippen molar-refractivity contribution in [3.8, 4) is 11.3 Å². The molecule has 0 saturated carbocycles. The van der Waals surface area contributed by atoms with Crippen LogP contribution in [0.2, 0.25) is 0 Å². The monoisotopic (exact) mass is 430 g/mol. The second-order valence-electron chi connectivity index (χ2n) is 6.73. The number of carbonyl (C=O) groups excluding carboxylic acids is 2. The van der Waals surface area contributed by atoms with Crippen molar-refractivity contribution >= 4 is 39.9 Å². The number of nitrogens with one attached hydrogen (secondary N) is 2. The predicted octanol–water partition coefficient (Wildman–Crippen LogP) is 3.99. The zero-order chi connectivity index (χ0) is 20.4. The molecule has 0 bridgehead atoms. The van der Waals surface area contributed by atoms with E-state index in [4.69, 9.17) is 5.73 Å². The van der Waals surface area contributed by atoms with E-state index < -0.39 is 5.91 Å². The first kappa shape index (κ1) is 19.7. The molecule has 2 aromatic heterocycles. The van der Waals surface area contributed by atoms with Crippen molar-refractivity contribution in [3.05, 3.63) is 52.3 Å². The molecule has 2 heterocycles. The number of thioether (sulfide) groups is 1. The van der Waals surface area contributed by atoms with Gasteiger partial charge in [-0.1, -0.05) is 11.8 Å². The summed E-state index contributed by atoms with van der Waals surface area (Å²) in [4.78, 5) is 32.8. The van der Waals surface area contributed by atoms with Crippen molar-refractivity contribution in [2.24, 2.45) is 5.73 Å². The minimum Gasteiger partial charge on any atom is -0.365 e. The number of nitrogens with two attached hydrogens (primary N) is 1. The predicted molar refractivity (Wildman–Crippen MR) is 113 cm³/mol. The Morgan fingerprint density at radius 3 is 2.76 bits per heavy atom. The van der Waals surface area contributed by atoms with E-state index in [0.29, 0.717) is 15.7 Å². The standard InChI is InChI=1S/C20H19FN4O2S2/c21-12-7-5-11(6-8-12)14-9-23-20(24-14)28-10-16(26)25-19-17(18(22)27)13-3-1-2-4-15(13)29-19/h5-9H,1-4,10H2,(H2,22,27)(H,23,24)(H,25,26). The van der Waals surface area contributed by atoms with Gasteiger partial charge in [0.25, 0.3) is 5.91 Å². The van der Waals surface area contributed by atoms with Gasteiger partial charge in [-0.25, -0.2) is 9.37 Å². The molecule has 0 atom stereocenters. The Morgan fingerprint density at radius 1 is 1.24 bits per heavy atom. The van der Waals surface area contributed by atoms with Crippen molar-refractivity contribution in [1.29, 1.82) is 0 Å². The number of thiophene rings is 1. The van der Waals surface area contributed by atoms with E-state index in [1.165, 1.54) is 35.2 Å². The van der Waals surface area contributed by atoms with Crippen molar-refractivity contribution in [1.82, 2.24) is 9.97 Å². The third kappa shape index (κ3) is 4.35. The van der Waals surface area contributed by atoms with Gasteiger partial charge in [0.05, 0.1) is 23.2 Å². The number of fused-ring (bicyclic) bond motifs is 1. The summed E-state index contributed by atoms with van der Waals surface area (Å²) >= 11 is 2.70. The van der Waals surface area contributed by atoms with Gasteiger partial charge in [0.15, 0.2) is 5.16 Å². The zero-order valence-electron chi connectivity index (χ0n) is 15.5. The van der Waals surface area contributed by atoms with Gasteiger partial charge >= 0.3 is 0 Å². The van der Waals surface area contributed by atoms with Crippen LogP contribution in [0.15, 0.2) is 35.6 Å². The van der Waals surface area contributed by atoms with E-state index in [2.05, 4.69) is 15.3 Å². The number of hydrogen-bond donors (Lipinski definition) is 3. The number of aryl methyl sites for hydroxylation is 1. The lowest BCUT2D eigenvalue weighted by Crippen LogP contribution is -2.19. The number of rotatable bonds is 6. The lowest BCUT2D eigenvalue weighted by molar-refractivity contribution is -0.113. The van der Waals surface area contributed by atoms with Crippen LogP contribution in [0.1, 0.15) is 33.6 Å². The first-order valence-corrected chi connectivity index (χ1v) is 11.0. The molecule has 1 aliphatic rings. The van der Waals surface area contributed by atoms with Crippen LogP contribution >= 0.6 is 23.1 Å². The molecule has 0 radical (unpaired) electrons. The highest BCUT2D eigenvalue weighted by atomic mass is 32.2. The van der Waals surface area contributed by atoms with Crippen LogP contribution in [0, 0.1) is 5.82 Å². The molecule has 6 nitrogen and oxygen atoms in total. The number of imidazole rings is 1. The van der Waals surface area contributed by atoms with Gasteiger partial charge in [-0.3, -0.25) is 9.59 Å². The summed E-state index contributed by atoms with van der Waals surface area (Å²) in [6.07, 6.45) is 5.51. The first-order chi connectivity index (χ1) is 14.0. The third-order valence-electron chi connectivity index (χ3n) is 4.72. The van der Waals surface area contributed by atoms with E-state index in [1.807, 2.05) is 0 Å². The van der Waals surface area contributed by atoms with Crippen LogP contribution in [0.5, 0.6) is 0 Å². The number of carbonyl (C=O) groups is 2. The van der Waals surface area contributed by atoms with Crippen LogP contribution in [-0.4, -0.2) is 27.5 Å². The number of anilines is 1. The number of nitrogens with zero attached hydrogens (tertiary/aromatic N) is 1. The van der Waals surface area contributed by atoms with Gasteiger partial charge in [0, 0.05) is 4.88 Å². The molecule has 4 N–H and O–H groups in total. The molecule has 150 valence electrons. The smallest absolute Gasteiger partial charge is 0.251 e. The van der Waals surface area contributed by atoms with Crippen molar-refractivity contribution in [2.75, 3.05) is 11.1 Å². The van der Waals surface area contributed by atoms with Crippen LogP contribution < -0.4 is 11.1 Å². The summed E-state index contributed by atoms with van der Waals surface area (Å²) in [5.74, 6) is -0.889. The Morgan fingerprint density at radius 2 is 2.00 bits per heavy atom. The average Bonchev–Trinajstić information content (AvgIpc) is 3.31. The molecule has 9 heteroatoms. The molecule has 4 rings (SSSR count). The molecular formula is C20H19FN4O2S2. The molecule has 0 unspecified atom stereocenters. The van der Waals surface area contributed by atoms with Crippen LogP contribution in [0.4, 0.5) is 9.39 Å². The lowest BCUT2D eigenvalue weighted by atomic mass is 9.95. The van der Waals surface area contributed by atoms with Gasteiger partial charge in [0.1, 0.15) is 10.8 Å². The lowest BCUT2D eigenvalue weighted by Gasteiger charge is -2.11.